The summed E-state index contributed by atoms with van der Waals surface area (Å²) in [5.41, 5.74) is 5.81. The second-order valence-electron chi connectivity index (χ2n) is 4.21. The van der Waals surface area contributed by atoms with E-state index in [-0.39, 0.29) is 24.5 Å². The maximum absolute atomic E-state index is 12.1. The molecule has 0 radical (unpaired) electrons. The average molecular weight is 230 g/mol. The molecule has 1 aliphatic heterocycles. The summed E-state index contributed by atoms with van der Waals surface area (Å²) in [6.45, 7) is 4.02. The SMILES string of the molecule is CCCCN(CCO)C(=O)C1COCC1N. The number of carbonyl (C=O) groups excluding carboxylic acids is 1. The van der Waals surface area contributed by atoms with Gasteiger partial charge < -0.3 is 20.5 Å². The maximum atomic E-state index is 12.1. The Bertz CT molecular complexity index is 223. The summed E-state index contributed by atoms with van der Waals surface area (Å²) in [5.74, 6) is -0.212. The zero-order valence-corrected chi connectivity index (χ0v) is 9.89. The van der Waals surface area contributed by atoms with Crippen molar-refractivity contribution < 1.29 is 14.6 Å². The largest absolute Gasteiger partial charge is 0.395 e. The quantitative estimate of drug-likeness (QED) is 0.650. The fourth-order valence-corrected chi connectivity index (χ4v) is 1.86. The van der Waals surface area contributed by atoms with Crippen molar-refractivity contribution in [3.05, 3.63) is 0 Å². The van der Waals surface area contributed by atoms with Crippen LogP contribution in [0, 0.1) is 5.92 Å². The third kappa shape index (κ3) is 3.43. The second kappa shape index (κ2) is 6.83. The van der Waals surface area contributed by atoms with Crippen molar-refractivity contribution in [1.29, 1.82) is 0 Å². The fraction of sp³-hybridized carbons (Fsp3) is 0.909. The van der Waals surface area contributed by atoms with Crippen LogP contribution in [0.3, 0.4) is 0 Å². The number of nitrogens with two attached hydrogens (primary N) is 1. The van der Waals surface area contributed by atoms with Gasteiger partial charge in [-0.3, -0.25) is 4.79 Å². The zero-order chi connectivity index (χ0) is 12.0. The van der Waals surface area contributed by atoms with E-state index in [0.29, 0.717) is 26.3 Å². The van der Waals surface area contributed by atoms with Crippen molar-refractivity contribution in [1.82, 2.24) is 4.90 Å². The van der Waals surface area contributed by atoms with E-state index in [2.05, 4.69) is 6.92 Å². The predicted molar refractivity (Wildman–Crippen MR) is 60.9 cm³/mol. The highest BCUT2D eigenvalue weighted by Crippen LogP contribution is 2.15. The zero-order valence-electron chi connectivity index (χ0n) is 9.89. The monoisotopic (exact) mass is 230 g/mol. The number of ether oxygens (including phenoxy) is 1. The van der Waals surface area contributed by atoms with Crippen molar-refractivity contribution >= 4 is 5.91 Å². The van der Waals surface area contributed by atoms with Gasteiger partial charge in [-0.2, -0.15) is 0 Å². The summed E-state index contributed by atoms with van der Waals surface area (Å²) in [6.07, 6.45) is 1.98. The number of hydrogen-bond donors (Lipinski definition) is 2. The van der Waals surface area contributed by atoms with Crippen LogP contribution in [0.25, 0.3) is 0 Å². The van der Waals surface area contributed by atoms with Gasteiger partial charge >= 0.3 is 0 Å². The molecule has 0 aromatic heterocycles. The topological polar surface area (TPSA) is 75.8 Å². The molecule has 16 heavy (non-hydrogen) atoms. The van der Waals surface area contributed by atoms with E-state index in [1.54, 1.807) is 4.90 Å². The number of unbranched alkanes of at least 4 members (excludes halogenated alkanes) is 1. The lowest BCUT2D eigenvalue weighted by Gasteiger charge is -2.25. The molecule has 3 N–H and O–H groups in total. The highest BCUT2D eigenvalue weighted by Gasteiger charge is 2.33. The van der Waals surface area contributed by atoms with Crippen LogP contribution < -0.4 is 5.73 Å². The Morgan fingerprint density at radius 3 is 2.75 bits per heavy atom. The van der Waals surface area contributed by atoms with Gasteiger partial charge in [-0.05, 0) is 6.42 Å². The molecule has 0 aromatic rings. The van der Waals surface area contributed by atoms with Crippen LogP contribution in [0.1, 0.15) is 19.8 Å². The molecule has 0 aromatic carbocycles. The molecule has 5 heteroatoms. The molecule has 0 spiro atoms. The lowest BCUT2D eigenvalue weighted by molar-refractivity contribution is -0.136. The number of aliphatic hydroxyl groups is 1. The minimum absolute atomic E-state index is 0.00172. The smallest absolute Gasteiger partial charge is 0.229 e. The van der Waals surface area contributed by atoms with Gasteiger partial charge in [0.05, 0.1) is 25.7 Å². The Hall–Kier alpha value is -0.650. The summed E-state index contributed by atoms with van der Waals surface area (Å²) in [6, 6.07) is -0.199. The minimum atomic E-state index is -0.233. The Labute approximate surface area is 96.6 Å². The van der Waals surface area contributed by atoms with E-state index in [9.17, 15) is 4.79 Å². The molecule has 0 aliphatic carbocycles. The summed E-state index contributed by atoms with van der Waals surface area (Å²) < 4.78 is 5.19. The van der Waals surface area contributed by atoms with Crippen molar-refractivity contribution in [2.75, 3.05) is 32.9 Å². The van der Waals surface area contributed by atoms with E-state index in [0.717, 1.165) is 12.8 Å². The predicted octanol–water partition coefficient (Wildman–Crippen LogP) is -0.419. The van der Waals surface area contributed by atoms with Gasteiger partial charge in [-0.25, -0.2) is 0 Å². The molecule has 0 saturated carbocycles. The van der Waals surface area contributed by atoms with E-state index in [1.807, 2.05) is 0 Å². The first-order chi connectivity index (χ1) is 7.70. The molecule has 94 valence electrons. The second-order valence-corrected chi connectivity index (χ2v) is 4.21. The molecule has 1 amide bonds. The van der Waals surface area contributed by atoms with Gasteiger partial charge in [0, 0.05) is 19.1 Å². The minimum Gasteiger partial charge on any atom is -0.395 e. The Morgan fingerprint density at radius 2 is 2.25 bits per heavy atom. The summed E-state index contributed by atoms with van der Waals surface area (Å²) in [5, 5.41) is 8.94. The van der Waals surface area contributed by atoms with E-state index >= 15 is 0 Å². The van der Waals surface area contributed by atoms with Gasteiger partial charge in [-0.15, -0.1) is 0 Å². The molecule has 1 saturated heterocycles. The van der Waals surface area contributed by atoms with Gasteiger partial charge in [0.25, 0.3) is 0 Å². The van der Waals surface area contributed by atoms with Crippen LogP contribution in [-0.4, -0.2) is 54.9 Å². The van der Waals surface area contributed by atoms with E-state index in [4.69, 9.17) is 15.6 Å². The molecule has 2 atom stereocenters. The van der Waals surface area contributed by atoms with Crippen LogP contribution in [0.4, 0.5) is 0 Å². The molecule has 1 heterocycles. The Balaban J connectivity index is 2.51. The number of nitrogens with zero attached hydrogens (tertiary/aromatic N) is 1. The Morgan fingerprint density at radius 1 is 1.50 bits per heavy atom. The Kier molecular flexibility index (Phi) is 5.73. The fourth-order valence-electron chi connectivity index (χ4n) is 1.86. The standard InChI is InChI=1S/C11H22N2O3/c1-2-3-4-13(5-6-14)11(15)9-7-16-8-10(9)12/h9-10,14H,2-8,12H2,1H3. The van der Waals surface area contributed by atoms with Crippen LogP contribution in [0.2, 0.25) is 0 Å². The van der Waals surface area contributed by atoms with Gasteiger partial charge in [0.2, 0.25) is 5.91 Å². The van der Waals surface area contributed by atoms with Crippen LogP contribution in [-0.2, 0) is 9.53 Å². The molecule has 1 fully saturated rings. The lowest BCUT2D eigenvalue weighted by atomic mass is 10.0. The van der Waals surface area contributed by atoms with Crippen molar-refractivity contribution in [3.8, 4) is 0 Å². The maximum Gasteiger partial charge on any atom is 0.229 e. The van der Waals surface area contributed by atoms with E-state index in [1.165, 1.54) is 0 Å². The van der Waals surface area contributed by atoms with Gasteiger partial charge in [0.1, 0.15) is 0 Å². The number of carbonyl (C=O) groups is 1. The number of aliphatic hydroxyl groups excluding tert-OH is 1. The third-order valence-corrected chi connectivity index (χ3v) is 2.90. The molecular formula is C11H22N2O3. The van der Waals surface area contributed by atoms with Gasteiger partial charge in [0.15, 0.2) is 0 Å². The van der Waals surface area contributed by atoms with E-state index < -0.39 is 0 Å². The van der Waals surface area contributed by atoms with Crippen LogP contribution in [0.15, 0.2) is 0 Å². The molecule has 5 nitrogen and oxygen atoms in total. The normalized spacial score (nSPS) is 24.7. The molecule has 2 unspecified atom stereocenters. The highest BCUT2D eigenvalue weighted by molar-refractivity contribution is 5.80. The van der Waals surface area contributed by atoms with Gasteiger partial charge in [-0.1, -0.05) is 13.3 Å². The summed E-state index contributed by atoms with van der Waals surface area (Å²) >= 11 is 0. The molecule has 1 aliphatic rings. The van der Waals surface area contributed by atoms with Crippen molar-refractivity contribution in [3.63, 3.8) is 0 Å². The molecule has 0 bridgehead atoms. The third-order valence-electron chi connectivity index (χ3n) is 2.90. The van der Waals surface area contributed by atoms with Crippen LogP contribution >= 0.6 is 0 Å². The first kappa shape index (κ1) is 13.4. The van der Waals surface area contributed by atoms with Crippen molar-refractivity contribution in [2.24, 2.45) is 11.7 Å². The first-order valence-corrected chi connectivity index (χ1v) is 5.93. The van der Waals surface area contributed by atoms with Crippen molar-refractivity contribution in [2.45, 2.75) is 25.8 Å². The summed E-state index contributed by atoms with van der Waals surface area (Å²) in [7, 11) is 0. The van der Waals surface area contributed by atoms with Crippen LogP contribution in [0.5, 0.6) is 0 Å². The lowest BCUT2D eigenvalue weighted by Crippen LogP contribution is -2.45. The first-order valence-electron chi connectivity index (χ1n) is 5.93. The number of rotatable bonds is 6. The molecule has 1 rings (SSSR count). The number of amides is 1. The average Bonchev–Trinajstić information content (AvgIpc) is 2.69. The summed E-state index contributed by atoms with van der Waals surface area (Å²) in [4.78, 5) is 13.8. The molecular weight excluding hydrogens is 208 g/mol. The highest BCUT2D eigenvalue weighted by atomic mass is 16.5. The number of hydrogen-bond acceptors (Lipinski definition) is 4.